The van der Waals surface area contributed by atoms with Gasteiger partial charge in [-0.15, -0.1) is 0 Å². The molecule has 0 saturated carbocycles. The van der Waals surface area contributed by atoms with E-state index in [4.69, 9.17) is 4.98 Å². The van der Waals surface area contributed by atoms with Crippen molar-refractivity contribution in [3.05, 3.63) is 44.9 Å². The fourth-order valence-electron chi connectivity index (χ4n) is 3.68. The topological polar surface area (TPSA) is 79.2 Å². The number of fused-ring (bicyclic) bond motifs is 1. The first-order valence-electron chi connectivity index (χ1n) is 8.98. The molecule has 0 aromatic carbocycles. The number of hydrogen-bond donors (Lipinski definition) is 1. The smallest absolute Gasteiger partial charge is 0.255 e. The first-order chi connectivity index (χ1) is 12.1. The molecule has 0 unspecified atom stereocenters. The van der Waals surface area contributed by atoms with Crippen LogP contribution in [-0.4, -0.2) is 43.4 Å². The number of aromatic nitrogens is 4. The number of nitrogens with zero attached hydrogens (tertiary/aromatic N) is 5. The molecular formula is C18H24N6O. The predicted molar refractivity (Wildman–Crippen MR) is 95.9 cm³/mol. The van der Waals surface area contributed by atoms with Gasteiger partial charge in [0.25, 0.3) is 5.56 Å². The van der Waals surface area contributed by atoms with Crippen LogP contribution in [-0.2, 0) is 26.6 Å². The van der Waals surface area contributed by atoms with Crippen molar-refractivity contribution in [3.63, 3.8) is 0 Å². The Balaban J connectivity index is 1.56. The van der Waals surface area contributed by atoms with E-state index in [-0.39, 0.29) is 5.56 Å². The molecule has 0 aliphatic carbocycles. The minimum atomic E-state index is -0.0147. The van der Waals surface area contributed by atoms with Crippen molar-refractivity contribution in [2.75, 3.05) is 13.1 Å². The van der Waals surface area contributed by atoms with Crippen molar-refractivity contribution in [2.24, 2.45) is 12.0 Å². The van der Waals surface area contributed by atoms with Crippen LogP contribution in [0.1, 0.15) is 47.7 Å². The summed E-state index contributed by atoms with van der Waals surface area (Å²) in [6.45, 7) is 5.17. The standard InChI is InChI=1S/C18H24N6O/c1-12-9-13(23(2)22-12)10-24-8-6-15-14(11-24)18(25)21-17(20-15)16-5-3-4-7-19-16/h9H,3-8,10-11H2,1-2H3,(H,20,21,25). The maximum Gasteiger partial charge on any atom is 0.255 e. The van der Waals surface area contributed by atoms with Crippen LogP contribution in [0.15, 0.2) is 15.9 Å². The van der Waals surface area contributed by atoms with Crippen molar-refractivity contribution in [1.82, 2.24) is 24.6 Å². The second kappa shape index (κ2) is 6.55. The van der Waals surface area contributed by atoms with Gasteiger partial charge in [0.2, 0.25) is 0 Å². The summed E-state index contributed by atoms with van der Waals surface area (Å²) in [7, 11) is 1.96. The first-order valence-corrected chi connectivity index (χ1v) is 8.98. The molecule has 0 atom stereocenters. The van der Waals surface area contributed by atoms with Gasteiger partial charge in [-0.1, -0.05) is 0 Å². The van der Waals surface area contributed by atoms with Gasteiger partial charge in [-0.3, -0.25) is 19.4 Å². The lowest BCUT2D eigenvalue weighted by Gasteiger charge is -2.27. The van der Waals surface area contributed by atoms with E-state index in [9.17, 15) is 4.79 Å². The number of aliphatic imine (C=N–C) groups is 1. The molecule has 0 saturated heterocycles. The van der Waals surface area contributed by atoms with Gasteiger partial charge >= 0.3 is 0 Å². The molecule has 2 aliphatic rings. The van der Waals surface area contributed by atoms with E-state index in [1.54, 1.807) is 0 Å². The lowest BCUT2D eigenvalue weighted by molar-refractivity contribution is 0.235. The molecule has 0 radical (unpaired) electrons. The molecule has 0 fully saturated rings. The maximum absolute atomic E-state index is 12.6. The molecule has 2 aromatic heterocycles. The van der Waals surface area contributed by atoms with Crippen molar-refractivity contribution in [2.45, 2.75) is 45.7 Å². The molecule has 132 valence electrons. The van der Waals surface area contributed by atoms with Crippen molar-refractivity contribution >= 4 is 5.71 Å². The molecular weight excluding hydrogens is 316 g/mol. The Morgan fingerprint density at radius 3 is 2.88 bits per heavy atom. The van der Waals surface area contributed by atoms with E-state index in [0.29, 0.717) is 12.4 Å². The highest BCUT2D eigenvalue weighted by Crippen LogP contribution is 2.18. The van der Waals surface area contributed by atoms with Gasteiger partial charge in [-0.25, -0.2) is 4.98 Å². The highest BCUT2D eigenvalue weighted by molar-refractivity contribution is 5.97. The zero-order chi connectivity index (χ0) is 17.4. The molecule has 0 spiro atoms. The summed E-state index contributed by atoms with van der Waals surface area (Å²) in [6, 6.07) is 2.10. The van der Waals surface area contributed by atoms with Crippen LogP contribution in [0.2, 0.25) is 0 Å². The molecule has 25 heavy (non-hydrogen) atoms. The van der Waals surface area contributed by atoms with E-state index < -0.39 is 0 Å². The normalized spacial score (nSPS) is 18.1. The third kappa shape index (κ3) is 3.28. The molecule has 7 heteroatoms. The zero-order valence-corrected chi connectivity index (χ0v) is 14.9. The Bertz CT molecular complexity index is 878. The SMILES string of the molecule is Cc1cc(CN2CCc3nc(C4=NCCCC4)[nH]c(=O)c3C2)n(C)n1. The van der Waals surface area contributed by atoms with Crippen LogP contribution >= 0.6 is 0 Å². The molecule has 2 aromatic rings. The van der Waals surface area contributed by atoms with Crippen LogP contribution in [0.3, 0.4) is 0 Å². The van der Waals surface area contributed by atoms with Gasteiger partial charge < -0.3 is 4.98 Å². The Morgan fingerprint density at radius 2 is 2.16 bits per heavy atom. The molecule has 7 nitrogen and oxygen atoms in total. The quantitative estimate of drug-likeness (QED) is 0.914. The Hall–Kier alpha value is -2.28. The van der Waals surface area contributed by atoms with E-state index in [2.05, 4.69) is 26.0 Å². The van der Waals surface area contributed by atoms with Crippen molar-refractivity contribution in [3.8, 4) is 0 Å². The third-order valence-electron chi connectivity index (χ3n) is 5.03. The van der Waals surface area contributed by atoms with Crippen molar-refractivity contribution in [1.29, 1.82) is 0 Å². The number of aromatic amines is 1. The number of H-pyrrole nitrogens is 1. The summed E-state index contributed by atoms with van der Waals surface area (Å²) < 4.78 is 1.91. The van der Waals surface area contributed by atoms with Crippen LogP contribution in [0, 0.1) is 6.92 Å². The predicted octanol–water partition coefficient (Wildman–Crippen LogP) is 1.34. The average molecular weight is 340 g/mol. The highest BCUT2D eigenvalue weighted by Gasteiger charge is 2.23. The summed E-state index contributed by atoms with van der Waals surface area (Å²) in [6.07, 6.45) is 3.96. The van der Waals surface area contributed by atoms with Gasteiger partial charge in [-0.05, 0) is 32.3 Å². The highest BCUT2D eigenvalue weighted by atomic mass is 16.1. The Kier molecular flexibility index (Phi) is 4.25. The minimum absolute atomic E-state index is 0.0147. The molecule has 1 N–H and O–H groups in total. The van der Waals surface area contributed by atoms with E-state index in [1.165, 1.54) is 5.69 Å². The van der Waals surface area contributed by atoms with Crippen LogP contribution < -0.4 is 5.56 Å². The zero-order valence-electron chi connectivity index (χ0n) is 14.9. The summed E-state index contributed by atoms with van der Waals surface area (Å²) >= 11 is 0. The lowest BCUT2D eigenvalue weighted by atomic mass is 10.0. The summed E-state index contributed by atoms with van der Waals surface area (Å²) in [5, 5.41) is 4.40. The van der Waals surface area contributed by atoms with Crippen LogP contribution in [0.4, 0.5) is 0 Å². The first kappa shape index (κ1) is 16.2. The van der Waals surface area contributed by atoms with Crippen molar-refractivity contribution < 1.29 is 0 Å². The Morgan fingerprint density at radius 1 is 1.28 bits per heavy atom. The molecule has 4 rings (SSSR count). The van der Waals surface area contributed by atoms with Gasteiger partial charge in [0.1, 0.15) is 0 Å². The number of aryl methyl sites for hydroxylation is 2. The second-order valence-electron chi connectivity index (χ2n) is 6.99. The van der Waals surface area contributed by atoms with E-state index in [1.807, 2.05) is 18.7 Å². The molecule has 0 amide bonds. The van der Waals surface area contributed by atoms with Gasteiger partial charge in [0.15, 0.2) is 5.82 Å². The Labute approximate surface area is 146 Å². The van der Waals surface area contributed by atoms with Crippen LogP contribution in [0.5, 0.6) is 0 Å². The third-order valence-corrected chi connectivity index (χ3v) is 5.03. The largest absolute Gasteiger partial charge is 0.305 e. The summed E-state index contributed by atoms with van der Waals surface area (Å²) in [5.41, 5.74) is 4.86. The summed E-state index contributed by atoms with van der Waals surface area (Å²) in [4.78, 5) is 27.1. The molecule has 2 aliphatic heterocycles. The monoisotopic (exact) mass is 340 g/mol. The fourth-order valence-corrected chi connectivity index (χ4v) is 3.68. The lowest BCUT2D eigenvalue weighted by Crippen LogP contribution is -2.36. The fraction of sp³-hybridized carbons (Fsp3) is 0.556. The molecule has 0 bridgehead atoms. The van der Waals surface area contributed by atoms with E-state index >= 15 is 0 Å². The van der Waals surface area contributed by atoms with Gasteiger partial charge in [-0.2, -0.15) is 5.10 Å². The second-order valence-corrected chi connectivity index (χ2v) is 6.99. The number of hydrogen-bond acceptors (Lipinski definition) is 5. The van der Waals surface area contributed by atoms with Gasteiger partial charge in [0, 0.05) is 39.6 Å². The number of nitrogens with one attached hydrogen (secondary N) is 1. The average Bonchev–Trinajstić information content (AvgIpc) is 2.93. The summed E-state index contributed by atoms with van der Waals surface area (Å²) in [5.74, 6) is 0.680. The molecule has 4 heterocycles. The number of rotatable bonds is 3. The maximum atomic E-state index is 12.6. The van der Waals surface area contributed by atoms with E-state index in [0.717, 1.165) is 68.0 Å². The van der Waals surface area contributed by atoms with Crippen LogP contribution in [0.25, 0.3) is 0 Å². The van der Waals surface area contributed by atoms with Gasteiger partial charge in [0.05, 0.1) is 28.4 Å². The minimum Gasteiger partial charge on any atom is -0.305 e.